The summed E-state index contributed by atoms with van der Waals surface area (Å²) in [6.45, 7) is 6.03. The van der Waals surface area contributed by atoms with Crippen molar-refractivity contribution >= 4 is 0 Å². The Kier molecular flexibility index (Phi) is 4.80. The van der Waals surface area contributed by atoms with Crippen molar-refractivity contribution in [2.75, 3.05) is 6.54 Å². The van der Waals surface area contributed by atoms with Crippen molar-refractivity contribution in [2.24, 2.45) is 5.92 Å². The minimum absolute atomic E-state index is 0.473. The minimum atomic E-state index is 0.473. The van der Waals surface area contributed by atoms with Gasteiger partial charge in [-0.25, -0.2) is 0 Å². The van der Waals surface area contributed by atoms with E-state index in [1.54, 1.807) is 12.4 Å². The maximum absolute atomic E-state index is 5.52. The van der Waals surface area contributed by atoms with Gasteiger partial charge < -0.3 is 10.1 Å². The van der Waals surface area contributed by atoms with Crippen LogP contribution in [0.4, 0.5) is 0 Å². The summed E-state index contributed by atoms with van der Waals surface area (Å²) >= 11 is 0. The quantitative estimate of drug-likeness (QED) is 0.862. The van der Waals surface area contributed by atoms with Gasteiger partial charge in [0.1, 0.15) is 5.75 Å². The second-order valence-corrected chi connectivity index (χ2v) is 4.68. The van der Waals surface area contributed by atoms with Crippen LogP contribution in [-0.4, -0.2) is 21.7 Å². The van der Waals surface area contributed by atoms with E-state index in [9.17, 15) is 0 Å². The average molecular weight is 258 g/mol. The van der Waals surface area contributed by atoms with E-state index in [0.717, 1.165) is 18.8 Å². The lowest BCUT2D eigenvalue weighted by molar-refractivity contribution is 0.450. The molecule has 0 aliphatic heterocycles. The van der Waals surface area contributed by atoms with E-state index >= 15 is 0 Å². The van der Waals surface area contributed by atoms with E-state index in [-0.39, 0.29) is 0 Å². The van der Waals surface area contributed by atoms with Crippen molar-refractivity contribution < 1.29 is 4.74 Å². The fourth-order valence-electron chi connectivity index (χ4n) is 1.51. The zero-order valence-corrected chi connectivity index (χ0v) is 11.2. The smallest absolute Gasteiger partial charge is 0.238 e. The van der Waals surface area contributed by atoms with Crippen molar-refractivity contribution in [3.8, 4) is 11.6 Å². The van der Waals surface area contributed by atoms with Gasteiger partial charge in [0, 0.05) is 18.8 Å². The van der Waals surface area contributed by atoms with Gasteiger partial charge in [-0.3, -0.25) is 4.98 Å². The van der Waals surface area contributed by atoms with Gasteiger partial charge in [0.05, 0.1) is 11.9 Å². The first-order chi connectivity index (χ1) is 9.24. The van der Waals surface area contributed by atoms with Gasteiger partial charge in [0.2, 0.25) is 5.88 Å². The Bertz CT molecular complexity index is 485. The Balaban J connectivity index is 1.88. The molecular weight excluding hydrogens is 240 g/mol. The van der Waals surface area contributed by atoms with Crippen LogP contribution < -0.4 is 10.1 Å². The molecule has 0 aliphatic carbocycles. The number of rotatable bonds is 6. The summed E-state index contributed by atoms with van der Waals surface area (Å²) in [5.74, 6) is 1.75. The number of hydrogen-bond acceptors (Lipinski definition) is 5. The summed E-state index contributed by atoms with van der Waals surface area (Å²) in [6.07, 6.45) is 3.34. The lowest BCUT2D eigenvalue weighted by atomic mass is 10.2. The maximum atomic E-state index is 5.52. The fourth-order valence-corrected chi connectivity index (χ4v) is 1.51. The highest BCUT2D eigenvalue weighted by Crippen LogP contribution is 2.16. The zero-order chi connectivity index (χ0) is 13.5. The lowest BCUT2D eigenvalue weighted by Crippen LogP contribution is -2.19. The Morgan fingerprint density at radius 2 is 2.11 bits per heavy atom. The summed E-state index contributed by atoms with van der Waals surface area (Å²) < 4.78 is 5.52. The Hall–Kier alpha value is -2.01. The number of pyridine rings is 1. The van der Waals surface area contributed by atoms with Gasteiger partial charge in [-0.2, -0.15) is 5.10 Å². The molecule has 0 unspecified atom stereocenters. The van der Waals surface area contributed by atoms with Crippen LogP contribution in [0.2, 0.25) is 0 Å². The second-order valence-electron chi connectivity index (χ2n) is 4.68. The van der Waals surface area contributed by atoms with E-state index in [2.05, 4.69) is 34.3 Å². The van der Waals surface area contributed by atoms with Gasteiger partial charge in [0.15, 0.2) is 0 Å². The van der Waals surface area contributed by atoms with Crippen molar-refractivity contribution in [1.82, 2.24) is 20.5 Å². The monoisotopic (exact) mass is 258 g/mol. The van der Waals surface area contributed by atoms with Gasteiger partial charge in [-0.05, 0) is 30.7 Å². The number of nitrogens with one attached hydrogen (secondary N) is 1. The van der Waals surface area contributed by atoms with Crippen LogP contribution in [-0.2, 0) is 6.54 Å². The molecule has 1 N–H and O–H groups in total. The maximum Gasteiger partial charge on any atom is 0.238 e. The molecule has 2 heterocycles. The topological polar surface area (TPSA) is 59.9 Å². The molecule has 0 bridgehead atoms. The van der Waals surface area contributed by atoms with Crippen molar-refractivity contribution in [3.63, 3.8) is 0 Å². The van der Waals surface area contributed by atoms with Crippen LogP contribution in [0.25, 0.3) is 0 Å². The molecule has 19 heavy (non-hydrogen) atoms. The normalized spacial score (nSPS) is 10.7. The highest BCUT2D eigenvalue weighted by molar-refractivity contribution is 5.22. The molecule has 0 atom stereocenters. The van der Waals surface area contributed by atoms with Gasteiger partial charge in [-0.1, -0.05) is 13.8 Å². The zero-order valence-electron chi connectivity index (χ0n) is 11.2. The van der Waals surface area contributed by atoms with Crippen molar-refractivity contribution in [2.45, 2.75) is 20.4 Å². The summed E-state index contributed by atoms with van der Waals surface area (Å²) in [5.41, 5.74) is 0.902. The number of hydrogen-bond donors (Lipinski definition) is 1. The summed E-state index contributed by atoms with van der Waals surface area (Å²) in [7, 11) is 0. The fraction of sp³-hybridized carbons (Fsp3) is 0.357. The minimum Gasteiger partial charge on any atom is -0.436 e. The molecule has 5 heteroatoms. The predicted molar refractivity (Wildman–Crippen MR) is 72.9 cm³/mol. The van der Waals surface area contributed by atoms with Crippen LogP contribution in [0.3, 0.4) is 0 Å². The first-order valence-electron chi connectivity index (χ1n) is 6.35. The van der Waals surface area contributed by atoms with Crippen molar-refractivity contribution in [1.29, 1.82) is 0 Å². The molecule has 0 aromatic carbocycles. The van der Waals surface area contributed by atoms with Crippen LogP contribution in [0, 0.1) is 5.92 Å². The highest BCUT2D eigenvalue weighted by atomic mass is 16.5. The summed E-state index contributed by atoms with van der Waals surface area (Å²) in [5, 5.41) is 11.5. The predicted octanol–water partition coefficient (Wildman–Crippen LogP) is 2.41. The van der Waals surface area contributed by atoms with Gasteiger partial charge in [-0.15, -0.1) is 5.10 Å². The van der Waals surface area contributed by atoms with Gasteiger partial charge in [0.25, 0.3) is 0 Å². The van der Waals surface area contributed by atoms with E-state index in [0.29, 0.717) is 17.5 Å². The van der Waals surface area contributed by atoms with Crippen molar-refractivity contribution in [3.05, 3.63) is 42.4 Å². The molecule has 0 aliphatic rings. The van der Waals surface area contributed by atoms with Crippen LogP contribution in [0.15, 0.2) is 36.7 Å². The molecule has 0 spiro atoms. The molecular formula is C14H18N4O. The molecule has 2 aromatic heterocycles. The molecule has 0 radical (unpaired) electrons. The Morgan fingerprint density at radius 3 is 2.74 bits per heavy atom. The third kappa shape index (κ3) is 4.63. The molecule has 2 rings (SSSR count). The van der Waals surface area contributed by atoms with E-state index in [1.165, 1.54) is 0 Å². The van der Waals surface area contributed by atoms with E-state index in [1.807, 2.05) is 24.3 Å². The first kappa shape index (κ1) is 13.4. The average Bonchev–Trinajstić information content (AvgIpc) is 2.42. The van der Waals surface area contributed by atoms with Crippen LogP contribution >= 0.6 is 0 Å². The molecule has 5 nitrogen and oxygen atoms in total. The van der Waals surface area contributed by atoms with E-state index < -0.39 is 0 Å². The van der Waals surface area contributed by atoms with E-state index in [4.69, 9.17) is 4.74 Å². The molecule has 2 aromatic rings. The molecule has 100 valence electrons. The molecule has 0 amide bonds. The van der Waals surface area contributed by atoms with Gasteiger partial charge >= 0.3 is 0 Å². The molecule has 0 saturated carbocycles. The van der Waals surface area contributed by atoms with Crippen LogP contribution in [0.5, 0.6) is 11.6 Å². The largest absolute Gasteiger partial charge is 0.436 e. The highest BCUT2D eigenvalue weighted by Gasteiger charge is 2.01. The van der Waals surface area contributed by atoms with Crippen LogP contribution in [0.1, 0.15) is 19.5 Å². The first-order valence-corrected chi connectivity index (χ1v) is 6.35. The molecule has 0 saturated heterocycles. The Morgan fingerprint density at radius 1 is 1.21 bits per heavy atom. The lowest BCUT2D eigenvalue weighted by Gasteiger charge is -2.07. The summed E-state index contributed by atoms with van der Waals surface area (Å²) in [4.78, 5) is 3.97. The SMILES string of the molecule is CC(C)CNCc1ccc(Oc2cccnc2)nn1. The standard InChI is InChI=1S/C14H18N4O/c1-11(2)8-16-9-12-5-6-14(18-17-12)19-13-4-3-7-15-10-13/h3-7,10-11,16H,8-9H2,1-2H3. The number of aromatic nitrogens is 3. The third-order valence-electron chi connectivity index (χ3n) is 2.41. The third-order valence-corrected chi connectivity index (χ3v) is 2.41. The Labute approximate surface area is 113 Å². The molecule has 0 fully saturated rings. The summed E-state index contributed by atoms with van der Waals surface area (Å²) in [6, 6.07) is 7.36. The number of ether oxygens (including phenoxy) is 1. The second kappa shape index (κ2) is 6.80. The number of nitrogens with zero attached hydrogens (tertiary/aromatic N) is 3.